The minimum Gasteiger partial charge on any atom is -0.386 e. The van der Waals surface area contributed by atoms with Crippen LogP contribution in [0.4, 0.5) is 0 Å². The van der Waals surface area contributed by atoms with Crippen molar-refractivity contribution >= 4 is 0 Å². The van der Waals surface area contributed by atoms with Crippen molar-refractivity contribution in [3.63, 3.8) is 0 Å². The summed E-state index contributed by atoms with van der Waals surface area (Å²) in [6.07, 6.45) is 0.424. The van der Waals surface area contributed by atoms with E-state index >= 15 is 0 Å². The first-order valence-electron chi connectivity index (χ1n) is 5.03. The Labute approximate surface area is 87.2 Å². The standard InChI is InChI=1S/C10H14O5/c1-9(2)14-7-8(15-9)13-6-5(11)3-4-10(6,7)12/h3-8,11-12H,1-2H3/t5-,6-,7+,8-,10-/m1/s1. The molecule has 0 aromatic carbocycles. The lowest BCUT2D eigenvalue weighted by Crippen LogP contribution is -2.47. The smallest absolute Gasteiger partial charge is 0.191 e. The molecule has 0 aromatic heterocycles. The summed E-state index contributed by atoms with van der Waals surface area (Å²) >= 11 is 0. The molecule has 15 heavy (non-hydrogen) atoms. The van der Waals surface area contributed by atoms with E-state index in [1.54, 1.807) is 13.8 Å². The van der Waals surface area contributed by atoms with E-state index in [4.69, 9.17) is 14.2 Å². The van der Waals surface area contributed by atoms with Crippen molar-refractivity contribution < 1.29 is 24.4 Å². The second-order valence-corrected chi connectivity index (χ2v) is 4.72. The van der Waals surface area contributed by atoms with E-state index in [9.17, 15) is 10.2 Å². The molecular weight excluding hydrogens is 200 g/mol. The lowest BCUT2D eigenvalue weighted by Gasteiger charge is -2.28. The van der Waals surface area contributed by atoms with E-state index in [0.717, 1.165) is 0 Å². The average Bonchev–Trinajstić information content (AvgIpc) is 2.65. The molecule has 2 N–H and O–H groups in total. The Balaban J connectivity index is 1.93. The van der Waals surface area contributed by atoms with Gasteiger partial charge in [0.05, 0.1) is 0 Å². The second kappa shape index (κ2) is 2.61. The summed E-state index contributed by atoms with van der Waals surface area (Å²) in [5, 5.41) is 19.9. The van der Waals surface area contributed by atoms with E-state index in [1.807, 2.05) is 0 Å². The van der Waals surface area contributed by atoms with Gasteiger partial charge in [-0.1, -0.05) is 6.08 Å². The number of hydrogen-bond donors (Lipinski definition) is 2. The molecule has 2 saturated heterocycles. The Hall–Kier alpha value is -0.460. The van der Waals surface area contributed by atoms with Gasteiger partial charge in [-0.2, -0.15) is 0 Å². The van der Waals surface area contributed by atoms with Crippen LogP contribution in [0.3, 0.4) is 0 Å². The molecule has 5 nitrogen and oxygen atoms in total. The van der Waals surface area contributed by atoms with E-state index in [0.29, 0.717) is 0 Å². The monoisotopic (exact) mass is 214 g/mol. The molecule has 0 radical (unpaired) electrons. The molecule has 3 aliphatic rings. The first-order valence-corrected chi connectivity index (χ1v) is 5.03. The quantitative estimate of drug-likeness (QED) is 0.533. The minimum absolute atomic E-state index is 0.564. The first-order chi connectivity index (χ1) is 6.92. The summed E-state index contributed by atoms with van der Waals surface area (Å²) in [6, 6.07) is 0. The number of fused-ring (bicyclic) bond motifs is 3. The van der Waals surface area contributed by atoms with Crippen molar-refractivity contribution in [3.8, 4) is 0 Å². The van der Waals surface area contributed by atoms with E-state index < -0.39 is 36.0 Å². The third-order valence-electron chi connectivity index (χ3n) is 3.12. The molecule has 2 aliphatic heterocycles. The van der Waals surface area contributed by atoms with Gasteiger partial charge in [-0.3, -0.25) is 0 Å². The van der Waals surface area contributed by atoms with E-state index in [1.165, 1.54) is 12.2 Å². The highest BCUT2D eigenvalue weighted by Gasteiger charge is 2.65. The number of aliphatic hydroxyl groups excluding tert-OH is 1. The Bertz CT molecular complexity index is 326. The predicted octanol–water partition coefficient (Wildman–Crippen LogP) is -0.475. The molecule has 0 unspecified atom stereocenters. The van der Waals surface area contributed by atoms with Gasteiger partial charge in [0.25, 0.3) is 0 Å². The van der Waals surface area contributed by atoms with Gasteiger partial charge >= 0.3 is 0 Å². The molecule has 0 saturated carbocycles. The number of aliphatic hydroxyl groups is 2. The molecule has 84 valence electrons. The van der Waals surface area contributed by atoms with Crippen LogP contribution in [-0.4, -0.2) is 46.2 Å². The Morgan fingerprint density at radius 3 is 2.67 bits per heavy atom. The highest BCUT2D eigenvalue weighted by Crippen LogP contribution is 2.46. The zero-order valence-electron chi connectivity index (χ0n) is 8.58. The predicted molar refractivity (Wildman–Crippen MR) is 48.8 cm³/mol. The number of ether oxygens (including phenoxy) is 3. The van der Waals surface area contributed by atoms with Crippen LogP contribution < -0.4 is 0 Å². The maximum Gasteiger partial charge on any atom is 0.191 e. The molecule has 5 atom stereocenters. The zero-order chi connectivity index (χ0) is 10.8. The lowest BCUT2D eigenvalue weighted by molar-refractivity contribution is -0.229. The van der Waals surface area contributed by atoms with Crippen LogP contribution in [0.25, 0.3) is 0 Å². The van der Waals surface area contributed by atoms with Crippen LogP contribution in [-0.2, 0) is 14.2 Å². The van der Waals surface area contributed by atoms with Gasteiger partial charge < -0.3 is 24.4 Å². The Kier molecular flexibility index (Phi) is 1.70. The third kappa shape index (κ3) is 1.15. The fourth-order valence-electron chi connectivity index (χ4n) is 2.45. The number of rotatable bonds is 0. The van der Waals surface area contributed by atoms with Crippen molar-refractivity contribution in [2.24, 2.45) is 0 Å². The van der Waals surface area contributed by atoms with Gasteiger partial charge in [0, 0.05) is 0 Å². The summed E-state index contributed by atoms with van der Waals surface area (Å²) in [6.45, 7) is 3.53. The lowest BCUT2D eigenvalue weighted by atomic mass is 9.95. The van der Waals surface area contributed by atoms with Crippen molar-refractivity contribution in [1.29, 1.82) is 0 Å². The molecule has 2 heterocycles. The average molecular weight is 214 g/mol. The highest BCUT2D eigenvalue weighted by atomic mass is 16.8. The summed E-state index contributed by atoms with van der Waals surface area (Å²) in [7, 11) is 0. The largest absolute Gasteiger partial charge is 0.386 e. The van der Waals surface area contributed by atoms with Gasteiger partial charge in [-0.25, -0.2) is 0 Å². The van der Waals surface area contributed by atoms with Crippen molar-refractivity contribution in [2.75, 3.05) is 0 Å². The molecule has 2 fully saturated rings. The summed E-state index contributed by atoms with van der Waals surface area (Å²) in [4.78, 5) is 0. The Morgan fingerprint density at radius 1 is 1.20 bits per heavy atom. The molecule has 0 bridgehead atoms. The minimum atomic E-state index is -1.27. The van der Waals surface area contributed by atoms with E-state index in [2.05, 4.69) is 0 Å². The van der Waals surface area contributed by atoms with Crippen LogP contribution >= 0.6 is 0 Å². The van der Waals surface area contributed by atoms with Crippen molar-refractivity contribution in [3.05, 3.63) is 12.2 Å². The molecule has 3 rings (SSSR count). The molecule has 0 spiro atoms. The second-order valence-electron chi connectivity index (χ2n) is 4.72. The van der Waals surface area contributed by atoms with Gasteiger partial charge in [0.2, 0.25) is 0 Å². The first kappa shape index (κ1) is 9.74. The zero-order valence-corrected chi connectivity index (χ0v) is 8.58. The molecule has 5 heteroatoms. The van der Waals surface area contributed by atoms with Crippen molar-refractivity contribution in [2.45, 2.75) is 49.8 Å². The summed E-state index contributed by atoms with van der Waals surface area (Å²) < 4.78 is 16.5. The van der Waals surface area contributed by atoms with Gasteiger partial charge in [-0.15, -0.1) is 0 Å². The maximum atomic E-state index is 10.3. The summed E-state index contributed by atoms with van der Waals surface area (Å²) in [5.74, 6) is -0.753. The Morgan fingerprint density at radius 2 is 1.93 bits per heavy atom. The van der Waals surface area contributed by atoms with Crippen molar-refractivity contribution in [1.82, 2.24) is 0 Å². The molecular formula is C10H14O5. The molecule has 0 aromatic rings. The molecule has 1 aliphatic carbocycles. The van der Waals surface area contributed by atoms with Gasteiger partial charge in [0.15, 0.2) is 12.1 Å². The highest BCUT2D eigenvalue weighted by molar-refractivity contribution is 5.26. The SMILES string of the molecule is CC1(C)O[C@H]2O[C@@H]3[C@H](O)C=C[C@]3(O)[C@H]2O1. The fraction of sp³-hybridized carbons (Fsp3) is 0.800. The van der Waals surface area contributed by atoms with Gasteiger partial charge in [0.1, 0.15) is 23.9 Å². The summed E-state index contributed by atoms with van der Waals surface area (Å²) in [5.41, 5.74) is -1.27. The van der Waals surface area contributed by atoms with Gasteiger partial charge in [-0.05, 0) is 19.9 Å². The maximum absolute atomic E-state index is 10.3. The van der Waals surface area contributed by atoms with Crippen LogP contribution in [0.1, 0.15) is 13.8 Å². The van der Waals surface area contributed by atoms with Crippen LogP contribution in [0.15, 0.2) is 12.2 Å². The third-order valence-corrected chi connectivity index (χ3v) is 3.12. The van der Waals surface area contributed by atoms with Crippen LogP contribution in [0.2, 0.25) is 0 Å². The normalized spacial score (nSPS) is 55.7. The topological polar surface area (TPSA) is 68.2 Å². The fourth-order valence-corrected chi connectivity index (χ4v) is 2.45. The van der Waals surface area contributed by atoms with Crippen LogP contribution in [0, 0.1) is 0 Å². The van der Waals surface area contributed by atoms with E-state index in [-0.39, 0.29) is 0 Å². The number of hydrogen-bond acceptors (Lipinski definition) is 5. The van der Waals surface area contributed by atoms with Crippen LogP contribution in [0.5, 0.6) is 0 Å². The molecule has 0 amide bonds.